The summed E-state index contributed by atoms with van der Waals surface area (Å²) in [6.45, 7) is 5.12. The highest BCUT2D eigenvalue weighted by molar-refractivity contribution is 5.91. The van der Waals surface area contributed by atoms with Crippen molar-refractivity contribution < 1.29 is 23.9 Å². The van der Waals surface area contributed by atoms with Gasteiger partial charge in [0.25, 0.3) is 5.91 Å². The molecule has 1 aromatic carbocycles. The minimum absolute atomic E-state index is 0.131. The van der Waals surface area contributed by atoms with Crippen LogP contribution < -0.4 is 10.9 Å². The lowest BCUT2D eigenvalue weighted by molar-refractivity contribution is -0.129. The summed E-state index contributed by atoms with van der Waals surface area (Å²) in [6.07, 6.45) is 0.131. The third kappa shape index (κ3) is 6.85. The number of ether oxygens (including phenoxy) is 2. The Bertz CT molecular complexity index is 525. The van der Waals surface area contributed by atoms with Crippen molar-refractivity contribution in [1.29, 1.82) is 0 Å². The Morgan fingerprint density at radius 3 is 2.27 bits per heavy atom. The highest BCUT2D eigenvalue weighted by atomic mass is 16.5. The molecule has 0 aromatic heterocycles. The Morgan fingerprint density at radius 2 is 1.73 bits per heavy atom. The zero-order valence-electron chi connectivity index (χ0n) is 12.8. The average molecular weight is 308 g/mol. The zero-order valence-corrected chi connectivity index (χ0v) is 12.8. The molecule has 0 aliphatic rings. The molecule has 7 nitrogen and oxygen atoms in total. The van der Waals surface area contributed by atoms with Crippen LogP contribution in [0.1, 0.15) is 36.7 Å². The molecular formula is C15H20N2O5. The second-order valence-electron chi connectivity index (χ2n) is 4.86. The summed E-state index contributed by atoms with van der Waals surface area (Å²) >= 11 is 0. The molecule has 0 unspecified atom stereocenters. The van der Waals surface area contributed by atoms with Crippen LogP contribution in [0, 0.1) is 0 Å². The summed E-state index contributed by atoms with van der Waals surface area (Å²) in [7, 11) is 0. The molecule has 0 heterocycles. The van der Waals surface area contributed by atoms with E-state index in [1.165, 1.54) is 6.92 Å². The third-order valence-corrected chi connectivity index (χ3v) is 2.49. The number of rotatable bonds is 6. The number of hydrazine groups is 1. The van der Waals surface area contributed by atoms with Gasteiger partial charge >= 0.3 is 5.97 Å². The minimum Gasteiger partial charge on any atom is -0.452 e. The van der Waals surface area contributed by atoms with Crippen molar-refractivity contribution in [3.05, 3.63) is 35.4 Å². The summed E-state index contributed by atoms with van der Waals surface area (Å²) in [5.41, 5.74) is 5.46. The van der Waals surface area contributed by atoms with Crippen LogP contribution in [0.3, 0.4) is 0 Å². The predicted octanol–water partition coefficient (Wildman–Crippen LogP) is 0.936. The van der Waals surface area contributed by atoms with Crippen molar-refractivity contribution in [2.24, 2.45) is 0 Å². The first-order valence-corrected chi connectivity index (χ1v) is 6.81. The van der Waals surface area contributed by atoms with Crippen molar-refractivity contribution in [2.75, 3.05) is 6.61 Å². The van der Waals surface area contributed by atoms with E-state index in [4.69, 9.17) is 9.47 Å². The Hall–Kier alpha value is -2.41. The molecule has 120 valence electrons. The van der Waals surface area contributed by atoms with Gasteiger partial charge in [0.05, 0.1) is 18.3 Å². The number of amides is 2. The minimum atomic E-state index is -0.620. The maximum Gasteiger partial charge on any atom is 0.338 e. The quantitative estimate of drug-likeness (QED) is 0.602. The van der Waals surface area contributed by atoms with Gasteiger partial charge < -0.3 is 9.47 Å². The maximum absolute atomic E-state index is 11.7. The summed E-state index contributed by atoms with van der Waals surface area (Å²) < 4.78 is 10.3. The number of hydrogen-bond acceptors (Lipinski definition) is 5. The third-order valence-electron chi connectivity index (χ3n) is 2.49. The first kappa shape index (κ1) is 17.6. The van der Waals surface area contributed by atoms with Gasteiger partial charge in [0, 0.05) is 6.92 Å². The van der Waals surface area contributed by atoms with Crippen molar-refractivity contribution in [3.63, 3.8) is 0 Å². The van der Waals surface area contributed by atoms with Crippen molar-refractivity contribution in [3.8, 4) is 0 Å². The molecule has 0 atom stereocenters. The molecule has 1 aromatic rings. The number of carbonyl (C=O) groups excluding carboxylic acids is 3. The van der Waals surface area contributed by atoms with E-state index >= 15 is 0 Å². The lowest BCUT2D eigenvalue weighted by Gasteiger charge is -2.08. The molecule has 0 spiro atoms. The molecule has 2 amide bonds. The first-order valence-electron chi connectivity index (χ1n) is 6.81. The van der Waals surface area contributed by atoms with Crippen LogP contribution in [-0.2, 0) is 25.7 Å². The van der Waals surface area contributed by atoms with Crippen LogP contribution in [0.25, 0.3) is 0 Å². The van der Waals surface area contributed by atoms with Crippen molar-refractivity contribution in [2.45, 2.75) is 33.5 Å². The van der Waals surface area contributed by atoms with Crippen LogP contribution in [0.15, 0.2) is 24.3 Å². The first-order chi connectivity index (χ1) is 10.4. The monoisotopic (exact) mass is 308 g/mol. The van der Waals surface area contributed by atoms with Crippen LogP contribution in [0.4, 0.5) is 0 Å². The molecule has 0 saturated carbocycles. The van der Waals surface area contributed by atoms with Gasteiger partial charge in [-0.1, -0.05) is 12.1 Å². The van der Waals surface area contributed by atoms with Crippen LogP contribution in [-0.4, -0.2) is 30.5 Å². The SMILES string of the molecule is CC(=O)NNC(=O)COC(=O)c1ccc(COC(C)C)cc1. The zero-order chi connectivity index (χ0) is 16.5. The van der Waals surface area contributed by atoms with E-state index in [1.54, 1.807) is 24.3 Å². The number of hydrogen-bond donors (Lipinski definition) is 2. The molecule has 0 saturated heterocycles. The van der Waals surface area contributed by atoms with E-state index in [0.717, 1.165) is 5.56 Å². The predicted molar refractivity (Wildman–Crippen MR) is 78.6 cm³/mol. The molecule has 0 aliphatic carbocycles. The highest BCUT2D eigenvalue weighted by Gasteiger charge is 2.10. The van der Waals surface area contributed by atoms with Crippen molar-refractivity contribution >= 4 is 17.8 Å². The largest absolute Gasteiger partial charge is 0.452 e. The second-order valence-corrected chi connectivity index (χ2v) is 4.86. The molecular weight excluding hydrogens is 288 g/mol. The summed E-state index contributed by atoms with van der Waals surface area (Å²) in [5.74, 6) is -1.65. The lowest BCUT2D eigenvalue weighted by atomic mass is 10.1. The van der Waals surface area contributed by atoms with Gasteiger partial charge in [-0.3, -0.25) is 20.4 Å². The Balaban J connectivity index is 2.42. The van der Waals surface area contributed by atoms with Crippen LogP contribution in [0.5, 0.6) is 0 Å². The topological polar surface area (TPSA) is 93.7 Å². The molecule has 7 heteroatoms. The smallest absolute Gasteiger partial charge is 0.338 e. The highest BCUT2D eigenvalue weighted by Crippen LogP contribution is 2.08. The Morgan fingerprint density at radius 1 is 1.09 bits per heavy atom. The second kappa shape index (κ2) is 8.78. The number of esters is 1. The normalized spacial score (nSPS) is 10.2. The van der Waals surface area contributed by atoms with Crippen LogP contribution >= 0.6 is 0 Å². The van der Waals surface area contributed by atoms with E-state index in [2.05, 4.69) is 10.9 Å². The van der Waals surface area contributed by atoms with Gasteiger partial charge in [-0.2, -0.15) is 0 Å². The van der Waals surface area contributed by atoms with E-state index in [-0.39, 0.29) is 6.10 Å². The van der Waals surface area contributed by atoms with Gasteiger partial charge in [0.1, 0.15) is 0 Å². The Labute approximate surface area is 128 Å². The standard InChI is InChI=1S/C15H20N2O5/c1-10(2)21-8-12-4-6-13(7-5-12)15(20)22-9-14(19)17-16-11(3)18/h4-7,10H,8-9H2,1-3H3,(H,16,18)(H,17,19). The van der Waals surface area contributed by atoms with Gasteiger partial charge in [-0.25, -0.2) is 4.79 Å². The summed E-state index contributed by atoms with van der Waals surface area (Å²) in [5, 5.41) is 0. The summed E-state index contributed by atoms with van der Waals surface area (Å²) in [6, 6.07) is 6.73. The molecule has 2 N–H and O–H groups in total. The van der Waals surface area contributed by atoms with Gasteiger partial charge in [0.15, 0.2) is 6.61 Å². The molecule has 0 aliphatic heterocycles. The average Bonchev–Trinajstić information content (AvgIpc) is 2.49. The molecule has 0 fully saturated rings. The van der Waals surface area contributed by atoms with Gasteiger partial charge in [0.2, 0.25) is 5.91 Å². The molecule has 0 bridgehead atoms. The molecule has 22 heavy (non-hydrogen) atoms. The van der Waals surface area contributed by atoms with Crippen molar-refractivity contribution in [1.82, 2.24) is 10.9 Å². The fraction of sp³-hybridized carbons (Fsp3) is 0.400. The van der Waals surface area contributed by atoms with E-state index in [9.17, 15) is 14.4 Å². The van der Waals surface area contributed by atoms with Gasteiger partial charge in [-0.15, -0.1) is 0 Å². The lowest BCUT2D eigenvalue weighted by Crippen LogP contribution is -2.42. The van der Waals surface area contributed by atoms with Crippen LogP contribution in [0.2, 0.25) is 0 Å². The number of carbonyl (C=O) groups is 3. The summed E-state index contributed by atoms with van der Waals surface area (Å²) in [4.78, 5) is 33.6. The van der Waals surface area contributed by atoms with E-state index < -0.39 is 24.4 Å². The van der Waals surface area contributed by atoms with Gasteiger partial charge in [-0.05, 0) is 31.5 Å². The fourth-order valence-electron chi connectivity index (χ4n) is 1.41. The van der Waals surface area contributed by atoms with E-state index in [0.29, 0.717) is 12.2 Å². The number of benzene rings is 1. The van der Waals surface area contributed by atoms with E-state index in [1.807, 2.05) is 13.8 Å². The maximum atomic E-state index is 11.7. The molecule has 1 rings (SSSR count). The fourth-order valence-corrected chi connectivity index (χ4v) is 1.41. The Kier molecular flexibility index (Phi) is 7.04. The molecule has 0 radical (unpaired) electrons. The number of nitrogens with one attached hydrogen (secondary N) is 2.